The Labute approximate surface area is 123 Å². The Bertz CT molecular complexity index is 455. The average molecular weight is 351 g/mol. The molecule has 1 aromatic carbocycles. The molecule has 0 amide bonds. The molecule has 0 fully saturated rings. The molecular formula is C13H13BrF2O4. The summed E-state index contributed by atoms with van der Waals surface area (Å²) in [4.78, 5) is 23.6. The highest BCUT2D eigenvalue weighted by Gasteiger charge is 2.23. The fourth-order valence-corrected chi connectivity index (χ4v) is 1.92. The number of para-hydroxylation sites is 1. The maximum absolute atomic E-state index is 12.5. The van der Waals surface area contributed by atoms with Crippen molar-refractivity contribution < 1.29 is 27.8 Å². The van der Waals surface area contributed by atoms with Crippen LogP contribution in [0.4, 0.5) is 8.78 Å². The molecule has 0 heterocycles. The SMILES string of the molecule is CCOC(=O)c1cccc(C(=O)CCBr)c1OC(F)F. The van der Waals surface area contributed by atoms with Gasteiger partial charge in [-0.15, -0.1) is 0 Å². The van der Waals surface area contributed by atoms with Gasteiger partial charge in [0.2, 0.25) is 0 Å². The minimum Gasteiger partial charge on any atom is -0.462 e. The lowest BCUT2D eigenvalue weighted by Gasteiger charge is -2.13. The highest BCUT2D eigenvalue weighted by Crippen LogP contribution is 2.28. The van der Waals surface area contributed by atoms with Gasteiger partial charge in [0.15, 0.2) is 11.5 Å². The molecular weight excluding hydrogens is 338 g/mol. The molecule has 7 heteroatoms. The second-order valence-electron chi connectivity index (χ2n) is 3.64. The summed E-state index contributed by atoms with van der Waals surface area (Å²) in [7, 11) is 0. The number of benzene rings is 1. The zero-order chi connectivity index (χ0) is 15.1. The minimum absolute atomic E-state index is 0.0599. The van der Waals surface area contributed by atoms with Gasteiger partial charge in [-0.05, 0) is 19.1 Å². The van der Waals surface area contributed by atoms with Gasteiger partial charge in [-0.2, -0.15) is 8.78 Å². The van der Waals surface area contributed by atoms with Gasteiger partial charge in [0, 0.05) is 11.8 Å². The lowest BCUT2D eigenvalue weighted by Crippen LogP contribution is -2.14. The van der Waals surface area contributed by atoms with Gasteiger partial charge < -0.3 is 9.47 Å². The molecule has 0 spiro atoms. The molecule has 0 aliphatic rings. The molecule has 0 aliphatic heterocycles. The number of carbonyl (C=O) groups excluding carboxylic acids is 2. The van der Waals surface area contributed by atoms with E-state index in [9.17, 15) is 18.4 Å². The molecule has 0 N–H and O–H groups in total. The van der Waals surface area contributed by atoms with Crippen molar-refractivity contribution in [3.8, 4) is 5.75 Å². The Kier molecular flexibility index (Phi) is 6.57. The highest BCUT2D eigenvalue weighted by atomic mass is 79.9. The quantitative estimate of drug-likeness (QED) is 0.429. The van der Waals surface area contributed by atoms with E-state index in [1.165, 1.54) is 18.2 Å². The van der Waals surface area contributed by atoms with Crippen LogP contribution >= 0.6 is 15.9 Å². The van der Waals surface area contributed by atoms with E-state index in [1.807, 2.05) is 0 Å². The van der Waals surface area contributed by atoms with Crippen LogP contribution in [0.15, 0.2) is 18.2 Å². The first-order chi connectivity index (χ1) is 9.51. The van der Waals surface area contributed by atoms with E-state index in [2.05, 4.69) is 20.7 Å². The second-order valence-corrected chi connectivity index (χ2v) is 4.44. The van der Waals surface area contributed by atoms with Crippen molar-refractivity contribution in [2.75, 3.05) is 11.9 Å². The van der Waals surface area contributed by atoms with Crippen LogP contribution in [0, 0.1) is 0 Å². The maximum Gasteiger partial charge on any atom is 0.387 e. The molecule has 0 bridgehead atoms. The molecule has 1 rings (SSSR count). The number of carbonyl (C=O) groups is 2. The Hall–Kier alpha value is -1.50. The Morgan fingerprint density at radius 1 is 1.30 bits per heavy atom. The standard InChI is InChI=1S/C13H13BrF2O4/c1-2-19-12(18)9-5-3-4-8(10(17)6-7-14)11(9)20-13(15)16/h3-5,13H,2,6-7H2,1H3. The van der Waals surface area contributed by atoms with Crippen LogP contribution in [-0.2, 0) is 4.74 Å². The van der Waals surface area contributed by atoms with Gasteiger partial charge in [0.25, 0.3) is 0 Å². The molecule has 4 nitrogen and oxygen atoms in total. The average Bonchev–Trinajstić information content (AvgIpc) is 2.38. The van der Waals surface area contributed by atoms with Crippen LogP contribution in [0.1, 0.15) is 34.1 Å². The molecule has 110 valence electrons. The van der Waals surface area contributed by atoms with Crippen LogP contribution in [-0.4, -0.2) is 30.3 Å². The first kappa shape index (κ1) is 16.6. The first-order valence-corrected chi connectivity index (χ1v) is 6.97. The number of ether oxygens (including phenoxy) is 2. The summed E-state index contributed by atoms with van der Waals surface area (Å²) in [5.41, 5.74) is -0.247. The highest BCUT2D eigenvalue weighted by molar-refractivity contribution is 9.09. The summed E-state index contributed by atoms with van der Waals surface area (Å²) in [6.07, 6.45) is 0.103. The van der Waals surface area contributed by atoms with E-state index in [-0.39, 0.29) is 24.2 Å². The van der Waals surface area contributed by atoms with Gasteiger partial charge in [-0.3, -0.25) is 4.79 Å². The number of hydrogen-bond donors (Lipinski definition) is 0. The summed E-state index contributed by atoms with van der Waals surface area (Å²) >= 11 is 3.09. The second kappa shape index (κ2) is 7.94. The monoisotopic (exact) mass is 350 g/mol. The van der Waals surface area contributed by atoms with Crippen LogP contribution in [0.3, 0.4) is 0 Å². The summed E-state index contributed by atoms with van der Waals surface area (Å²) in [5.74, 6) is -1.65. The molecule has 0 aliphatic carbocycles. The number of ketones is 1. The third-order valence-electron chi connectivity index (χ3n) is 2.34. The van der Waals surface area contributed by atoms with Crippen LogP contribution < -0.4 is 4.74 Å². The van der Waals surface area contributed by atoms with E-state index in [4.69, 9.17) is 4.74 Å². The molecule has 0 saturated carbocycles. The molecule has 0 unspecified atom stereocenters. The van der Waals surface area contributed by atoms with Crippen LogP contribution in [0.5, 0.6) is 5.75 Å². The van der Waals surface area contributed by atoms with Crippen molar-refractivity contribution in [1.29, 1.82) is 0 Å². The summed E-state index contributed by atoms with van der Waals surface area (Å²) in [6, 6.07) is 4.04. The number of halogens is 3. The number of Topliss-reactive ketones (excluding diaryl/α,β-unsaturated/α-hetero) is 1. The number of alkyl halides is 3. The van der Waals surface area contributed by atoms with Crippen molar-refractivity contribution in [1.82, 2.24) is 0 Å². The normalized spacial score (nSPS) is 10.4. The zero-order valence-electron chi connectivity index (χ0n) is 10.7. The van der Waals surface area contributed by atoms with E-state index in [0.717, 1.165) is 0 Å². The topological polar surface area (TPSA) is 52.6 Å². The summed E-state index contributed by atoms with van der Waals surface area (Å²) in [6.45, 7) is -1.46. The number of rotatable bonds is 7. The number of esters is 1. The Balaban J connectivity index is 3.26. The largest absolute Gasteiger partial charge is 0.462 e. The van der Waals surface area contributed by atoms with Crippen molar-refractivity contribution in [2.45, 2.75) is 20.0 Å². The fourth-order valence-electron chi connectivity index (χ4n) is 1.56. The van der Waals surface area contributed by atoms with E-state index < -0.39 is 24.1 Å². The first-order valence-electron chi connectivity index (χ1n) is 5.85. The predicted molar refractivity (Wildman–Crippen MR) is 71.8 cm³/mol. The van der Waals surface area contributed by atoms with Crippen molar-refractivity contribution in [3.05, 3.63) is 29.3 Å². The van der Waals surface area contributed by atoms with Crippen molar-refractivity contribution >= 4 is 27.7 Å². The molecule has 0 aromatic heterocycles. The minimum atomic E-state index is -3.14. The number of hydrogen-bond acceptors (Lipinski definition) is 4. The van der Waals surface area contributed by atoms with E-state index in [1.54, 1.807) is 6.92 Å². The smallest absolute Gasteiger partial charge is 0.387 e. The van der Waals surface area contributed by atoms with E-state index in [0.29, 0.717) is 5.33 Å². The molecule has 0 atom stereocenters. The molecule has 1 aromatic rings. The predicted octanol–water partition coefficient (Wildman–Crippen LogP) is 3.43. The molecule has 0 saturated heterocycles. The van der Waals surface area contributed by atoms with Gasteiger partial charge in [-0.1, -0.05) is 22.0 Å². The summed E-state index contributed by atoms with van der Waals surface area (Å²) < 4.78 is 34.1. The fraction of sp³-hybridized carbons (Fsp3) is 0.385. The van der Waals surface area contributed by atoms with Crippen molar-refractivity contribution in [3.63, 3.8) is 0 Å². The Morgan fingerprint density at radius 3 is 2.50 bits per heavy atom. The lowest BCUT2D eigenvalue weighted by atomic mass is 10.0. The van der Waals surface area contributed by atoms with Gasteiger partial charge in [0.05, 0.1) is 12.2 Å². The molecule has 20 heavy (non-hydrogen) atoms. The maximum atomic E-state index is 12.5. The van der Waals surface area contributed by atoms with Crippen molar-refractivity contribution in [2.24, 2.45) is 0 Å². The summed E-state index contributed by atoms with van der Waals surface area (Å²) in [5, 5.41) is 0.379. The molecule has 0 radical (unpaired) electrons. The van der Waals surface area contributed by atoms with Crippen LogP contribution in [0.25, 0.3) is 0 Å². The van der Waals surface area contributed by atoms with Gasteiger partial charge >= 0.3 is 12.6 Å². The lowest BCUT2D eigenvalue weighted by molar-refractivity contribution is -0.0507. The van der Waals surface area contributed by atoms with Gasteiger partial charge in [-0.25, -0.2) is 4.79 Å². The van der Waals surface area contributed by atoms with Gasteiger partial charge in [0.1, 0.15) is 5.56 Å². The third-order valence-corrected chi connectivity index (χ3v) is 2.74. The third kappa shape index (κ3) is 4.26. The van der Waals surface area contributed by atoms with Crippen LogP contribution in [0.2, 0.25) is 0 Å². The zero-order valence-corrected chi connectivity index (χ0v) is 12.3. The Morgan fingerprint density at radius 2 is 1.95 bits per heavy atom. The van der Waals surface area contributed by atoms with E-state index >= 15 is 0 Å².